The van der Waals surface area contributed by atoms with Crippen molar-refractivity contribution in [1.82, 2.24) is 18.7 Å². The SMILES string of the molecule is Cn1c(=O)c2c(ncn2C)n(C)c1=O.NC(CO)(CO)CO. The van der Waals surface area contributed by atoms with Gasteiger partial charge in [0.1, 0.15) is 0 Å². The van der Waals surface area contributed by atoms with Crippen molar-refractivity contribution in [2.45, 2.75) is 5.54 Å². The average molecular weight is 315 g/mol. The van der Waals surface area contributed by atoms with Crippen LogP contribution in [-0.2, 0) is 21.1 Å². The topological polar surface area (TPSA) is 149 Å². The standard InChI is InChI=1S/C8H10N4O2.C4H11NO3/c1-10-4-9-6-5(10)7(13)12(3)8(14)11(6)2;5-4(1-6,2-7)3-8/h4H,1-3H3;6-8H,1-3,5H2. The lowest BCUT2D eigenvalue weighted by Crippen LogP contribution is -2.50. The second-order valence-corrected chi connectivity index (χ2v) is 5.07. The summed E-state index contributed by atoms with van der Waals surface area (Å²) < 4.78 is 4.04. The zero-order valence-corrected chi connectivity index (χ0v) is 12.7. The summed E-state index contributed by atoms with van der Waals surface area (Å²) in [6, 6.07) is 0. The Morgan fingerprint density at radius 2 is 1.59 bits per heavy atom. The fraction of sp³-hybridized carbons (Fsp3) is 0.583. The number of aliphatic hydroxyl groups excluding tert-OH is 3. The smallest absolute Gasteiger partial charge is 0.332 e. The van der Waals surface area contributed by atoms with E-state index in [1.54, 1.807) is 18.7 Å². The molecular formula is C12H21N5O5. The first-order valence-electron chi connectivity index (χ1n) is 6.41. The van der Waals surface area contributed by atoms with Crippen molar-refractivity contribution in [2.24, 2.45) is 26.9 Å². The van der Waals surface area contributed by atoms with Crippen LogP contribution in [0.1, 0.15) is 0 Å². The Labute approximate surface area is 125 Å². The molecule has 0 fully saturated rings. The molecule has 2 aromatic heterocycles. The van der Waals surface area contributed by atoms with Gasteiger partial charge in [0.15, 0.2) is 11.2 Å². The van der Waals surface area contributed by atoms with Gasteiger partial charge in [-0.05, 0) is 0 Å². The van der Waals surface area contributed by atoms with Crippen LogP contribution >= 0.6 is 0 Å². The zero-order valence-electron chi connectivity index (χ0n) is 12.7. The molecule has 0 bridgehead atoms. The number of hydrogen-bond acceptors (Lipinski definition) is 7. The number of aryl methyl sites for hydroxylation is 2. The molecule has 2 heterocycles. The van der Waals surface area contributed by atoms with Gasteiger partial charge in [-0.2, -0.15) is 0 Å². The number of rotatable bonds is 3. The van der Waals surface area contributed by atoms with Crippen molar-refractivity contribution >= 4 is 11.2 Å². The molecule has 5 N–H and O–H groups in total. The minimum absolute atomic E-state index is 0.317. The molecule has 10 heteroatoms. The first-order chi connectivity index (χ1) is 10.2. The van der Waals surface area contributed by atoms with E-state index in [4.69, 9.17) is 21.1 Å². The van der Waals surface area contributed by atoms with E-state index in [1.165, 1.54) is 17.9 Å². The molecule has 0 saturated heterocycles. The molecule has 124 valence electrons. The van der Waals surface area contributed by atoms with Gasteiger partial charge < -0.3 is 25.6 Å². The van der Waals surface area contributed by atoms with Gasteiger partial charge in [-0.15, -0.1) is 0 Å². The molecule has 0 spiro atoms. The summed E-state index contributed by atoms with van der Waals surface area (Å²) in [5, 5.41) is 25.0. The third kappa shape index (κ3) is 3.25. The predicted octanol–water partition coefficient (Wildman–Crippen LogP) is -3.37. The molecule has 0 saturated carbocycles. The number of nitrogens with zero attached hydrogens (tertiary/aromatic N) is 4. The van der Waals surface area contributed by atoms with Crippen LogP contribution in [0.15, 0.2) is 15.9 Å². The lowest BCUT2D eigenvalue weighted by Gasteiger charge is -2.20. The largest absolute Gasteiger partial charge is 0.394 e. The first kappa shape index (κ1) is 18.0. The van der Waals surface area contributed by atoms with Gasteiger partial charge in [-0.1, -0.05) is 0 Å². The van der Waals surface area contributed by atoms with Crippen LogP contribution in [0.3, 0.4) is 0 Å². The normalized spacial score (nSPS) is 11.4. The highest BCUT2D eigenvalue weighted by Gasteiger charge is 2.20. The summed E-state index contributed by atoms with van der Waals surface area (Å²) in [5.74, 6) is 0. The van der Waals surface area contributed by atoms with Gasteiger partial charge in [-0.3, -0.25) is 13.9 Å². The summed E-state index contributed by atoms with van der Waals surface area (Å²) in [5.41, 5.74) is 4.12. The van der Waals surface area contributed by atoms with Gasteiger partial charge in [0.05, 0.1) is 31.7 Å². The fourth-order valence-corrected chi connectivity index (χ4v) is 1.62. The lowest BCUT2D eigenvalue weighted by molar-refractivity contribution is 0.0698. The second kappa shape index (κ2) is 6.83. The number of aliphatic hydroxyl groups is 3. The Balaban J connectivity index is 0.000000261. The van der Waals surface area contributed by atoms with E-state index >= 15 is 0 Å². The second-order valence-electron chi connectivity index (χ2n) is 5.07. The third-order valence-electron chi connectivity index (χ3n) is 3.26. The van der Waals surface area contributed by atoms with Crippen molar-refractivity contribution < 1.29 is 15.3 Å². The lowest BCUT2D eigenvalue weighted by atomic mass is 10.1. The molecule has 0 aliphatic carbocycles. The van der Waals surface area contributed by atoms with Gasteiger partial charge >= 0.3 is 5.69 Å². The Morgan fingerprint density at radius 3 is 2.00 bits per heavy atom. The van der Waals surface area contributed by atoms with E-state index in [1.807, 2.05) is 0 Å². The zero-order chi connectivity index (χ0) is 17.1. The molecule has 0 aromatic carbocycles. The van der Waals surface area contributed by atoms with Crippen LogP contribution < -0.4 is 17.0 Å². The molecule has 0 atom stereocenters. The Kier molecular flexibility index (Phi) is 5.60. The van der Waals surface area contributed by atoms with Crippen LogP contribution in [0.25, 0.3) is 11.2 Å². The minimum Gasteiger partial charge on any atom is -0.394 e. The van der Waals surface area contributed by atoms with E-state index in [0.717, 1.165) is 4.57 Å². The van der Waals surface area contributed by atoms with Crippen molar-refractivity contribution in [2.75, 3.05) is 19.8 Å². The van der Waals surface area contributed by atoms with Crippen LogP contribution in [0, 0.1) is 0 Å². The van der Waals surface area contributed by atoms with Crippen molar-refractivity contribution in [3.05, 3.63) is 27.2 Å². The maximum Gasteiger partial charge on any atom is 0.332 e. The van der Waals surface area contributed by atoms with E-state index in [2.05, 4.69) is 4.98 Å². The molecule has 10 nitrogen and oxygen atoms in total. The van der Waals surface area contributed by atoms with E-state index in [-0.39, 0.29) is 11.2 Å². The monoisotopic (exact) mass is 315 g/mol. The molecule has 0 amide bonds. The van der Waals surface area contributed by atoms with Crippen LogP contribution in [0.5, 0.6) is 0 Å². The highest BCUT2D eigenvalue weighted by Crippen LogP contribution is 2.01. The van der Waals surface area contributed by atoms with Gasteiger partial charge in [0.25, 0.3) is 5.56 Å². The molecule has 0 aliphatic heterocycles. The number of hydrogen-bond donors (Lipinski definition) is 4. The summed E-state index contributed by atoms with van der Waals surface area (Å²) in [7, 11) is 4.77. The number of imidazole rings is 1. The van der Waals surface area contributed by atoms with Gasteiger partial charge in [0.2, 0.25) is 0 Å². The highest BCUT2D eigenvalue weighted by molar-refractivity contribution is 5.69. The maximum atomic E-state index is 11.7. The molecular weight excluding hydrogens is 294 g/mol. The van der Waals surface area contributed by atoms with Gasteiger partial charge in [0, 0.05) is 21.1 Å². The molecule has 2 aromatic rings. The van der Waals surface area contributed by atoms with Crippen LogP contribution in [0.2, 0.25) is 0 Å². The van der Waals surface area contributed by atoms with E-state index in [9.17, 15) is 9.59 Å². The summed E-state index contributed by atoms with van der Waals surface area (Å²) in [6.07, 6.45) is 1.52. The maximum absolute atomic E-state index is 11.7. The summed E-state index contributed by atoms with van der Waals surface area (Å²) in [6.45, 7) is -1.21. The van der Waals surface area contributed by atoms with Crippen LogP contribution in [0.4, 0.5) is 0 Å². The van der Waals surface area contributed by atoms with Crippen molar-refractivity contribution in [3.63, 3.8) is 0 Å². The molecule has 0 unspecified atom stereocenters. The van der Waals surface area contributed by atoms with Crippen molar-refractivity contribution in [1.29, 1.82) is 0 Å². The summed E-state index contributed by atoms with van der Waals surface area (Å²) >= 11 is 0. The quantitative estimate of drug-likeness (QED) is 0.462. The molecule has 2 rings (SSSR count). The molecule has 0 radical (unpaired) electrons. The Bertz CT molecular complexity index is 747. The van der Waals surface area contributed by atoms with Gasteiger partial charge in [-0.25, -0.2) is 9.78 Å². The minimum atomic E-state index is -1.21. The van der Waals surface area contributed by atoms with E-state index < -0.39 is 25.4 Å². The molecule has 0 aliphatic rings. The predicted molar refractivity (Wildman–Crippen MR) is 79.4 cm³/mol. The Hall–Kier alpha value is -2.01. The summed E-state index contributed by atoms with van der Waals surface area (Å²) in [4.78, 5) is 27.2. The number of nitrogens with two attached hydrogens (primary N) is 1. The highest BCUT2D eigenvalue weighted by atomic mass is 16.3. The fourth-order valence-electron chi connectivity index (χ4n) is 1.62. The average Bonchev–Trinajstić information content (AvgIpc) is 2.92. The van der Waals surface area contributed by atoms with Crippen LogP contribution in [-0.4, -0.2) is 59.4 Å². The number of aromatic nitrogens is 4. The van der Waals surface area contributed by atoms with Crippen molar-refractivity contribution in [3.8, 4) is 0 Å². The third-order valence-corrected chi connectivity index (χ3v) is 3.26. The molecule has 22 heavy (non-hydrogen) atoms. The van der Waals surface area contributed by atoms with E-state index in [0.29, 0.717) is 11.2 Å². The first-order valence-corrected chi connectivity index (χ1v) is 6.41. The number of fused-ring (bicyclic) bond motifs is 1. The Morgan fingerprint density at radius 1 is 1.09 bits per heavy atom.